The van der Waals surface area contributed by atoms with Crippen molar-refractivity contribution in [3.8, 4) is 0 Å². The fourth-order valence-electron chi connectivity index (χ4n) is 1.71. The molecule has 0 aliphatic carbocycles. The minimum atomic E-state index is -1.11. The van der Waals surface area contributed by atoms with Crippen LogP contribution in [0, 0.1) is 18.2 Å². The fraction of sp³-hybridized carbons (Fsp3) is 0.429. The summed E-state index contributed by atoms with van der Waals surface area (Å²) in [4.78, 5) is 23.0. The number of urea groups is 1. The molecule has 0 bridgehead atoms. The summed E-state index contributed by atoms with van der Waals surface area (Å²) in [6, 6.07) is 2.27. The third-order valence-corrected chi connectivity index (χ3v) is 2.83. The van der Waals surface area contributed by atoms with Gasteiger partial charge in [0, 0.05) is 5.69 Å². The lowest BCUT2D eigenvalue weighted by Crippen LogP contribution is -2.50. The van der Waals surface area contributed by atoms with Crippen molar-refractivity contribution in [2.45, 2.75) is 33.7 Å². The molecule has 0 radical (unpaired) electrons. The van der Waals surface area contributed by atoms with Crippen LogP contribution in [-0.4, -0.2) is 23.1 Å². The van der Waals surface area contributed by atoms with E-state index in [9.17, 15) is 14.0 Å². The molecule has 6 heteroatoms. The molecule has 2 amide bonds. The maximum Gasteiger partial charge on any atom is 0.326 e. The van der Waals surface area contributed by atoms with E-state index in [0.717, 1.165) is 0 Å². The predicted octanol–water partition coefficient (Wildman–Crippen LogP) is 2.75. The highest BCUT2D eigenvalue weighted by molar-refractivity contribution is 5.93. The largest absolute Gasteiger partial charge is 0.480 e. The van der Waals surface area contributed by atoms with Crippen molar-refractivity contribution < 1.29 is 19.1 Å². The number of rotatable bonds is 3. The summed E-state index contributed by atoms with van der Waals surface area (Å²) >= 11 is 0. The first-order valence-electron chi connectivity index (χ1n) is 6.17. The van der Waals surface area contributed by atoms with Gasteiger partial charge in [-0.25, -0.2) is 14.0 Å². The summed E-state index contributed by atoms with van der Waals surface area (Å²) < 4.78 is 13.0. The Labute approximate surface area is 117 Å². The molecule has 0 aliphatic rings. The molecule has 0 unspecified atom stereocenters. The highest BCUT2D eigenvalue weighted by Gasteiger charge is 2.32. The summed E-state index contributed by atoms with van der Waals surface area (Å²) in [7, 11) is 0. The number of carbonyl (C=O) groups is 2. The first kappa shape index (κ1) is 15.9. The Balaban J connectivity index is 2.79. The summed E-state index contributed by atoms with van der Waals surface area (Å²) in [5.74, 6) is -1.50. The molecule has 1 aromatic rings. The van der Waals surface area contributed by atoms with Crippen LogP contribution >= 0.6 is 0 Å². The number of anilines is 1. The molecular formula is C14H19FN2O3. The van der Waals surface area contributed by atoms with Crippen molar-refractivity contribution in [1.29, 1.82) is 0 Å². The molecule has 0 saturated carbocycles. The van der Waals surface area contributed by atoms with Gasteiger partial charge in [0.05, 0.1) is 0 Å². The summed E-state index contributed by atoms with van der Waals surface area (Å²) in [5.41, 5.74) is 0.366. The van der Waals surface area contributed by atoms with E-state index in [2.05, 4.69) is 10.6 Å². The second-order valence-corrected chi connectivity index (χ2v) is 5.69. The van der Waals surface area contributed by atoms with Crippen molar-refractivity contribution in [3.63, 3.8) is 0 Å². The van der Waals surface area contributed by atoms with Crippen LogP contribution in [0.3, 0.4) is 0 Å². The number of nitrogens with one attached hydrogen (secondary N) is 2. The van der Waals surface area contributed by atoms with Gasteiger partial charge in [-0.1, -0.05) is 20.8 Å². The summed E-state index contributed by atoms with van der Waals surface area (Å²) in [6.45, 7) is 6.80. The number of carbonyl (C=O) groups excluding carboxylic acids is 1. The van der Waals surface area contributed by atoms with Gasteiger partial charge >= 0.3 is 12.0 Å². The van der Waals surface area contributed by atoms with E-state index in [1.807, 2.05) is 0 Å². The first-order valence-corrected chi connectivity index (χ1v) is 6.17. The van der Waals surface area contributed by atoms with Crippen LogP contribution in [0.4, 0.5) is 14.9 Å². The summed E-state index contributed by atoms with van der Waals surface area (Å²) in [5, 5.41) is 14.0. The van der Waals surface area contributed by atoms with Gasteiger partial charge in [0.25, 0.3) is 0 Å². The molecule has 3 N–H and O–H groups in total. The van der Waals surface area contributed by atoms with Gasteiger partial charge in [-0.3, -0.25) is 0 Å². The third-order valence-electron chi connectivity index (χ3n) is 2.83. The van der Waals surface area contributed by atoms with Crippen LogP contribution in [0.5, 0.6) is 0 Å². The van der Waals surface area contributed by atoms with Crippen molar-refractivity contribution in [2.24, 2.45) is 5.41 Å². The Morgan fingerprint density at radius 3 is 2.35 bits per heavy atom. The van der Waals surface area contributed by atoms with Crippen molar-refractivity contribution in [1.82, 2.24) is 5.32 Å². The van der Waals surface area contributed by atoms with Crippen LogP contribution in [-0.2, 0) is 4.79 Å². The molecule has 1 atom stereocenters. The van der Waals surface area contributed by atoms with Gasteiger partial charge in [0.2, 0.25) is 0 Å². The van der Waals surface area contributed by atoms with Gasteiger partial charge in [0.15, 0.2) is 0 Å². The highest BCUT2D eigenvalue weighted by atomic mass is 19.1. The van der Waals surface area contributed by atoms with E-state index in [4.69, 9.17) is 5.11 Å². The molecule has 0 aliphatic heterocycles. The number of carboxylic acids is 1. The van der Waals surface area contributed by atoms with Crippen LogP contribution in [0.1, 0.15) is 26.3 Å². The Bertz CT molecular complexity index is 524. The van der Waals surface area contributed by atoms with Gasteiger partial charge in [-0.2, -0.15) is 0 Å². The van der Waals surface area contributed by atoms with Gasteiger partial charge < -0.3 is 15.7 Å². The lowest BCUT2D eigenvalue weighted by atomic mass is 9.87. The number of halogens is 1. The molecule has 5 nitrogen and oxygen atoms in total. The number of carboxylic acid groups (broad SMARTS) is 1. The lowest BCUT2D eigenvalue weighted by molar-refractivity contribution is -0.141. The Hall–Kier alpha value is -2.11. The van der Waals surface area contributed by atoms with Crippen LogP contribution in [0.25, 0.3) is 0 Å². The third kappa shape index (κ3) is 4.22. The molecule has 0 saturated heterocycles. The number of aliphatic carboxylic acids is 1. The molecule has 1 aromatic carbocycles. The highest BCUT2D eigenvalue weighted by Crippen LogP contribution is 2.20. The number of benzene rings is 1. The zero-order valence-corrected chi connectivity index (χ0v) is 12.0. The van der Waals surface area contributed by atoms with E-state index in [1.165, 1.54) is 18.2 Å². The average Bonchev–Trinajstić information content (AvgIpc) is 2.28. The maximum absolute atomic E-state index is 13.0. The average molecular weight is 282 g/mol. The van der Waals surface area contributed by atoms with Crippen molar-refractivity contribution in [2.75, 3.05) is 5.32 Å². The SMILES string of the molecule is Cc1cc(F)ccc1NC(=O)N[C@H](C(=O)O)C(C)(C)C. The van der Waals surface area contributed by atoms with E-state index < -0.39 is 29.3 Å². The molecule has 0 aromatic heterocycles. The molecule has 1 rings (SSSR count). The van der Waals surface area contributed by atoms with E-state index in [1.54, 1.807) is 27.7 Å². The number of amides is 2. The Morgan fingerprint density at radius 2 is 1.90 bits per heavy atom. The van der Waals surface area contributed by atoms with Gasteiger partial charge in [-0.15, -0.1) is 0 Å². The fourth-order valence-corrected chi connectivity index (χ4v) is 1.71. The van der Waals surface area contributed by atoms with E-state index in [-0.39, 0.29) is 0 Å². The normalized spacial score (nSPS) is 12.7. The van der Waals surface area contributed by atoms with E-state index in [0.29, 0.717) is 11.3 Å². The number of hydrogen-bond donors (Lipinski definition) is 3. The minimum Gasteiger partial charge on any atom is -0.480 e. The van der Waals surface area contributed by atoms with Gasteiger partial charge in [0.1, 0.15) is 11.9 Å². The number of aryl methyl sites for hydroxylation is 1. The quantitative estimate of drug-likeness (QED) is 0.797. The Kier molecular flexibility index (Phi) is 4.70. The molecule has 0 fully saturated rings. The summed E-state index contributed by atoms with van der Waals surface area (Å²) in [6.07, 6.45) is 0. The molecule has 0 heterocycles. The van der Waals surface area contributed by atoms with Crippen LogP contribution in [0.2, 0.25) is 0 Å². The number of hydrogen-bond acceptors (Lipinski definition) is 2. The zero-order chi connectivity index (χ0) is 15.5. The topological polar surface area (TPSA) is 78.4 Å². The van der Waals surface area contributed by atoms with E-state index >= 15 is 0 Å². The minimum absolute atomic E-state index is 0.397. The molecule has 0 spiro atoms. The lowest BCUT2D eigenvalue weighted by Gasteiger charge is -2.27. The molecule has 110 valence electrons. The zero-order valence-electron chi connectivity index (χ0n) is 12.0. The van der Waals surface area contributed by atoms with Gasteiger partial charge in [-0.05, 0) is 36.1 Å². The Morgan fingerprint density at radius 1 is 1.30 bits per heavy atom. The monoisotopic (exact) mass is 282 g/mol. The van der Waals surface area contributed by atoms with Crippen molar-refractivity contribution in [3.05, 3.63) is 29.6 Å². The second kappa shape index (κ2) is 5.90. The first-order chi connectivity index (χ1) is 9.11. The smallest absolute Gasteiger partial charge is 0.326 e. The van der Waals surface area contributed by atoms with Crippen molar-refractivity contribution >= 4 is 17.7 Å². The second-order valence-electron chi connectivity index (χ2n) is 5.69. The molecular weight excluding hydrogens is 263 g/mol. The maximum atomic E-state index is 13.0. The van der Waals surface area contributed by atoms with Crippen LogP contribution < -0.4 is 10.6 Å². The predicted molar refractivity (Wildman–Crippen MR) is 74.2 cm³/mol. The van der Waals surface area contributed by atoms with Crippen LogP contribution in [0.15, 0.2) is 18.2 Å². The molecule has 20 heavy (non-hydrogen) atoms. The standard InChI is InChI=1S/C14H19FN2O3/c1-8-7-9(15)5-6-10(8)16-13(20)17-11(12(18)19)14(2,3)4/h5-7,11H,1-4H3,(H,18,19)(H2,16,17,20)/t11-/m1/s1.